The van der Waals surface area contributed by atoms with Crippen LogP contribution in [-0.2, 0) is 17.8 Å². The van der Waals surface area contributed by atoms with Crippen LogP contribution in [0.5, 0.6) is 0 Å². The van der Waals surface area contributed by atoms with Crippen LogP contribution in [0.2, 0.25) is 0 Å². The summed E-state index contributed by atoms with van der Waals surface area (Å²) in [5, 5.41) is 18.2. The van der Waals surface area contributed by atoms with Crippen LogP contribution in [0.3, 0.4) is 0 Å². The molecule has 0 fully saturated rings. The minimum absolute atomic E-state index is 0.0000208. The highest BCUT2D eigenvalue weighted by Gasteiger charge is 2.30. The summed E-state index contributed by atoms with van der Waals surface area (Å²) in [4.78, 5) is 11.8. The van der Waals surface area contributed by atoms with Crippen molar-refractivity contribution in [2.75, 3.05) is 16.3 Å². The molecule has 4 rings (SSSR count). The highest BCUT2D eigenvalue weighted by molar-refractivity contribution is 7.99. The van der Waals surface area contributed by atoms with Crippen LogP contribution < -0.4 is 10.0 Å². The minimum atomic E-state index is -0.814. The molecule has 0 amide bonds. The zero-order chi connectivity index (χ0) is 26.1. The van der Waals surface area contributed by atoms with Crippen LogP contribution in [0, 0.1) is 20.8 Å². The van der Waals surface area contributed by atoms with Crippen LogP contribution >= 0.6 is 11.9 Å². The number of carboxylic acid groups (broad SMARTS) is 1. The maximum absolute atomic E-state index is 11.8. The van der Waals surface area contributed by atoms with E-state index in [9.17, 15) is 9.90 Å². The van der Waals surface area contributed by atoms with E-state index in [1.54, 1.807) is 32.7 Å². The van der Waals surface area contributed by atoms with Crippen molar-refractivity contribution in [1.29, 1.82) is 0 Å². The Kier molecular flexibility index (Phi) is 7.87. The van der Waals surface area contributed by atoms with E-state index in [0.717, 1.165) is 45.7 Å². The fourth-order valence-corrected chi connectivity index (χ4v) is 5.23. The average Bonchev–Trinajstić information content (AvgIpc) is 2.75. The number of anilines is 2. The molecule has 0 unspecified atom stereocenters. The lowest BCUT2D eigenvalue weighted by Crippen LogP contribution is -2.22. The van der Waals surface area contributed by atoms with Gasteiger partial charge in [0.05, 0.1) is 24.3 Å². The van der Waals surface area contributed by atoms with Crippen molar-refractivity contribution in [3.8, 4) is 22.3 Å². The predicted octanol–water partition coefficient (Wildman–Crippen LogP) is 6.53. The molecule has 0 spiro atoms. The van der Waals surface area contributed by atoms with Crippen molar-refractivity contribution in [3.05, 3.63) is 70.3 Å². The van der Waals surface area contributed by atoms with Crippen LogP contribution in [-0.4, -0.2) is 28.0 Å². The lowest BCUT2D eigenvalue weighted by Gasteiger charge is -2.35. The SMILES string of the molecule is CC(C)(C)O.CSN1Cc2cc(N)ccc2-c2c(C)c(-c3ccc(C)cc3)c(CC(=O)O)c(C)c21. The summed E-state index contributed by atoms with van der Waals surface area (Å²) in [6.07, 6.45) is 2.06. The zero-order valence-electron chi connectivity index (χ0n) is 21.7. The van der Waals surface area contributed by atoms with Gasteiger partial charge in [-0.2, -0.15) is 0 Å². The molecule has 3 aromatic carbocycles. The van der Waals surface area contributed by atoms with Gasteiger partial charge in [0.1, 0.15) is 0 Å². The molecule has 35 heavy (non-hydrogen) atoms. The molecule has 0 bridgehead atoms. The monoisotopic (exact) mass is 492 g/mol. The van der Waals surface area contributed by atoms with Crippen molar-refractivity contribution < 1.29 is 15.0 Å². The largest absolute Gasteiger partial charge is 0.481 e. The quantitative estimate of drug-likeness (QED) is 0.283. The van der Waals surface area contributed by atoms with Crippen LogP contribution in [0.15, 0.2) is 42.5 Å². The van der Waals surface area contributed by atoms with E-state index in [2.05, 4.69) is 61.7 Å². The van der Waals surface area contributed by atoms with Gasteiger partial charge in [0.2, 0.25) is 0 Å². The second-order valence-corrected chi connectivity index (χ2v) is 10.9. The summed E-state index contributed by atoms with van der Waals surface area (Å²) in [7, 11) is 0. The standard InChI is InChI=1S/C25H26N2O2S.C4H10O/c1-14-5-7-17(8-6-14)23-16(3)24-20-10-9-19(26)11-18(20)13-27(30-4)25(24)15(2)21(23)12-22(28)29;1-4(2,3)5/h5-11H,12-13,26H2,1-4H3,(H,28,29);5H,1-3H3. The fourth-order valence-electron chi connectivity index (χ4n) is 4.55. The summed E-state index contributed by atoms with van der Waals surface area (Å²) in [6, 6.07) is 14.4. The van der Waals surface area contributed by atoms with Gasteiger partial charge in [-0.1, -0.05) is 47.8 Å². The number of carboxylic acids is 1. The Labute approximate surface area is 213 Å². The van der Waals surface area contributed by atoms with Gasteiger partial charge in [-0.05, 0) is 92.6 Å². The van der Waals surface area contributed by atoms with E-state index in [1.807, 2.05) is 12.1 Å². The van der Waals surface area contributed by atoms with E-state index >= 15 is 0 Å². The Morgan fingerprint density at radius 2 is 1.63 bits per heavy atom. The van der Waals surface area contributed by atoms with Crippen LogP contribution in [0.25, 0.3) is 22.3 Å². The molecule has 0 aliphatic carbocycles. The highest BCUT2D eigenvalue weighted by Crippen LogP contribution is 2.50. The van der Waals surface area contributed by atoms with Gasteiger partial charge in [0, 0.05) is 17.5 Å². The number of aryl methyl sites for hydroxylation is 1. The molecule has 0 saturated heterocycles. The molecule has 1 heterocycles. The number of hydrogen-bond donors (Lipinski definition) is 3. The number of hydrogen-bond acceptors (Lipinski definition) is 5. The normalized spacial score (nSPS) is 12.4. The van der Waals surface area contributed by atoms with Crippen molar-refractivity contribution in [1.82, 2.24) is 0 Å². The van der Waals surface area contributed by atoms with Crippen molar-refractivity contribution in [3.63, 3.8) is 0 Å². The number of nitrogens with two attached hydrogens (primary N) is 1. The zero-order valence-corrected chi connectivity index (χ0v) is 22.5. The maximum Gasteiger partial charge on any atom is 0.307 e. The molecule has 0 aromatic heterocycles. The molecule has 1 aliphatic heterocycles. The molecular formula is C29H36N2O3S. The Hall–Kier alpha value is -2.96. The molecule has 5 nitrogen and oxygen atoms in total. The Bertz CT molecular complexity index is 1240. The first-order valence-electron chi connectivity index (χ1n) is 11.7. The lowest BCUT2D eigenvalue weighted by atomic mass is 9.81. The highest BCUT2D eigenvalue weighted by atomic mass is 32.2. The smallest absolute Gasteiger partial charge is 0.307 e. The van der Waals surface area contributed by atoms with Crippen molar-refractivity contribution in [2.45, 2.75) is 60.1 Å². The number of nitrogens with zero attached hydrogens (tertiary/aromatic N) is 1. The lowest BCUT2D eigenvalue weighted by molar-refractivity contribution is -0.136. The minimum Gasteiger partial charge on any atom is -0.481 e. The van der Waals surface area contributed by atoms with Gasteiger partial charge < -0.3 is 20.3 Å². The summed E-state index contributed by atoms with van der Waals surface area (Å²) in [5.41, 5.74) is 17.3. The number of fused-ring (bicyclic) bond motifs is 3. The molecule has 0 saturated carbocycles. The molecule has 0 atom stereocenters. The van der Waals surface area contributed by atoms with Gasteiger partial charge in [-0.3, -0.25) is 4.79 Å². The first kappa shape index (κ1) is 26.6. The molecule has 1 aliphatic rings. The van der Waals surface area contributed by atoms with E-state index < -0.39 is 11.6 Å². The van der Waals surface area contributed by atoms with Gasteiger partial charge >= 0.3 is 5.97 Å². The molecule has 3 aromatic rings. The third kappa shape index (κ3) is 6.00. The number of benzene rings is 3. The summed E-state index contributed by atoms with van der Waals surface area (Å²) in [5.74, 6) is -0.814. The number of aliphatic hydroxyl groups is 1. The van der Waals surface area contributed by atoms with Gasteiger partial charge in [-0.25, -0.2) is 0 Å². The first-order chi connectivity index (χ1) is 16.3. The third-order valence-corrected chi connectivity index (χ3v) is 6.70. The number of rotatable bonds is 4. The molecule has 4 N–H and O–H groups in total. The Morgan fingerprint density at radius 3 is 2.17 bits per heavy atom. The van der Waals surface area contributed by atoms with Crippen molar-refractivity contribution in [2.24, 2.45) is 0 Å². The third-order valence-electron chi connectivity index (χ3n) is 5.95. The van der Waals surface area contributed by atoms with Crippen LogP contribution in [0.4, 0.5) is 11.4 Å². The summed E-state index contributed by atoms with van der Waals surface area (Å²) < 4.78 is 2.25. The molecule has 6 heteroatoms. The topological polar surface area (TPSA) is 86.8 Å². The Balaban J connectivity index is 0.000000623. The number of aliphatic carboxylic acids is 1. The maximum atomic E-state index is 11.8. The molecule has 186 valence electrons. The van der Waals surface area contributed by atoms with E-state index in [4.69, 9.17) is 10.8 Å². The first-order valence-corrected chi connectivity index (χ1v) is 12.9. The van der Waals surface area contributed by atoms with Gasteiger partial charge in [-0.15, -0.1) is 0 Å². The van der Waals surface area contributed by atoms with E-state index in [-0.39, 0.29) is 6.42 Å². The Morgan fingerprint density at radius 1 is 1.03 bits per heavy atom. The second-order valence-electron chi connectivity index (χ2n) is 10.1. The van der Waals surface area contributed by atoms with Gasteiger partial charge in [0.25, 0.3) is 0 Å². The second kappa shape index (κ2) is 10.3. The average molecular weight is 493 g/mol. The van der Waals surface area contributed by atoms with E-state index in [1.165, 1.54) is 22.3 Å². The molecule has 0 radical (unpaired) electrons. The molecular weight excluding hydrogens is 456 g/mol. The van der Waals surface area contributed by atoms with Crippen molar-refractivity contribution >= 4 is 29.3 Å². The number of nitrogen functional groups attached to an aromatic ring is 1. The van der Waals surface area contributed by atoms with Gasteiger partial charge in [0.15, 0.2) is 0 Å². The predicted molar refractivity (Wildman–Crippen MR) is 149 cm³/mol. The fraction of sp³-hybridized carbons (Fsp3) is 0.345. The summed E-state index contributed by atoms with van der Waals surface area (Å²) >= 11 is 1.66. The van der Waals surface area contributed by atoms with Crippen LogP contribution in [0.1, 0.15) is 48.6 Å². The summed E-state index contributed by atoms with van der Waals surface area (Å²) in [6.45, 7) is 12.2. The van der Waals surface area contributed by atoms with E-state index in [0.29, 0.717) is 0 Å². The number of carbonyl (C=O) groups is 1.